The first kappa shape index (κ1) is 28.8. The lowest BCUT2D eigenvalue weighted by atomic mass is 10.1. The molecule has 0 aliphatic carbocycles. The number of carbonyl (C=O) groups is 2. The monoisotopic (exact) mass is 538 g/mol. The van der Waals surface area contributed by atoms with Gasteiger partial charge in [-0.1, -0.05) is 86.1 Å². The number of fused-ring (bicyclic) bond motifs is 1. The van der Waals surface area contributed by atoms with E-state index in [-0.39, 0.29) is 30.3 Å². The van der Waals surface area contributed by atoms with E-state index in [4.69, 9.17) is 4.42 Å². The Kier molecular flexibility index (Phi) is 9.90. The van der Waals surface area contributed by atoms with Gasteiger partial charge < -0.3 is 14.2 Å². The number of benzene rings is 3. The largest absolute Gasteiger partial charge is 0.464 e. The van der Waals surface area contributed by atoms with Gasteiger partial charge in [0, 0.05) is 19.5 Å². The van der Waals surface area contributed by atoms with Crippen LogP contribution in [-0.2, 0) is 29.1 Å². The number of carbonyl (C=O) groups excluding carboxylic acids is 2. The molecule has 0 fully saturated rings. The van der Waals surface area contributed by atoms with Crippen LogP contribution in [0.5, 0.6) is 0 Å². The molecule has 208 valence electrons. The molecule has 0 aliphatic heterocycles. The summed E-state index contributed by atoms with van der Waals surface area (Å²) in [6.45, 7) is 7.03. The predicted molar refractivity (Wildman–Crippen MR) is 159 cm³/mol. The Balaban J connectivity index is 1.56. The standard InChI is InChI=1S/C34H38N2O4/c1-25(2)18-19-35(32(37)17-15-27-10-6-4-7-11-27)23-33(38)36(21-28-12-8-5-9-13-28)22-29-24-40-31-16-14-26(3)20-30(31)34(29)39/h4-14,16,20,24-25H,15,17-19,21-23H2,1-3H3. The topological polar surface area (TPSA) is 70.8 Å². The number of rotatable bonds is 12. The first-order valence-corrected chi connectivity index (χ1v) is 13.9. The maximum Gasteiger partial charge on any atom is 0.242 e. The molecule has 0 aliphatic rings. The zero-order valence-electron chi connectivity index (χ0n) is 23.6. The van der Waals surface area contributed by atoms with Gasteiger partial charge in [-0.05, 0) is 48.9 Å². The third-order valence-corrected chi connectivity index (χ3v) is 7.06. The first-order chi connectivity index (χ1) is 19.3. The highest BCUT2D eigenvalue weighted by molar-refractivity contribution is 5.85. The molecule has 0 saturated heterocycles. The van der Waals surface area contributed by atoms with Crippen LogP contribution in [0.3, 0.4) is 0 Å². The molecule has 1 aromatic heterocycles. The summed E-state index contributed by atoms with van der Waals surface area (Å²) in [5.41, 5.74) is 3.78. The van der Waals surface area contributed by atoms with Crippen molar-refractivity contribution in [1.29, 1.82) is 0 Å². The van der Waals surface area contributed by atoms with Gasteiger partial charge in [-0.2, -0.15) is 0 Å². The van der Waals surface area contributed by atoms with Crippen molar-refractivity contribution in [3.05, 3.63) is 118 Å². The van der Waals surface area contributed by atoms with Crippen LogP contribution < -0.4 is 5.43 Å². The van der Waals surface area contributed by atoms with Crippen LogP contribution in [0.25, 0.3) is 11.0 Å². The van der Waals surface area contributed by atoms with Gasteiger partial charge in [0.05, 0.1) is 30.3 Å². The molecular weight excluding hydrogens is 500 g/mol. The molecule has 0 spiro atoms. The molecule has 6 heteroatoms. The molecule has 0 bridgehead atoms. The number of hydrogen-bond acceptors (Lipinski definition) is 4. The maximum absolute atomic E-state index is 13.8. The second kappa shape index (κ2) is 13.7. The Morgan fingerprint density at radius 3 is 2.17 bits per heavy atom. The molecule has 40 heavy (non-hydrogen) atoms. The predicted octanol–water partition coefficient (Wildman–Crippen LogP) is 6.14. The van der Waals surface area contributed by atoms with E-state index in [1.54, 1.807) is 15.9 Å². The summed E-state index contributed by atoms with van der Waals surface area (Å²) in [6, 6.07) is 25.1. The van der Waals surface area contributed by atoms with E-state index in [2.05, 4.69) is 13.8 Å². The molecular formula is C34H38N2O4. The highest BCUT2D eigenvalue weighted by Crippen LogP contribution is 2.16. The second-order valence-corrected chi connectivity index (χ2v) is 10.8. The third kappa shape index (κ3) is 7.92. The minimum absolute atomic E-state index is 0.0365. The van der Waals surface area contributed by atoms with Crippen molar-refractivity contribution in [2.45, 2.75) is 53.1 Å². The Morgan fingerprint density at radius 1 is 0.825 bits per heavy atom. The normalized spacial score (nSPS) is 11.1. The van der Waals surface area contributed by atoms with Crippen LogP contribution in [0.2, 0.25) is 0 Å². The van der Waals surface area contributed by atoms with Crippen molar-refractivity contribution in [3.8, 4) is 0 Å². The fourth-order valence-corrected chi connectivity index (χ4v) is 4.66. The van der Waals surface area contributed by atoms with Crippen molar-refractivity contribution in [2.24, 2.45) is 5.92 Å². The minimum Gasteiger partial charge on any atom is -0.464 e. The summed E-state index contributed by atoms with van der Waals surface area (Å²) >= 11 is 0. The maximum atomic E-state index is 13.8. The summed E-state index contributed by atoms with van der Waals surface area (Å²) in [5.74, 6) is 0.147. The number of amides is 2. The smallest absolute Gasteiger partial charge is 0.242 e. The van der Waals surface area contributed by atoms with E-state index >= 15 is 0 Å². The van der Waals surface area contributed by atoms with Crippen molar-refractivity contribution in [2.75, 3.05) is 13.1 Å². The van der Waals surface area contributed by atoms with Crippen LogP contribution in [0.1, 0.15) is 48.9 Å². The summed E-state index contributed by atoms with van der Waals surface area (Å²) in [7, 11) is 0. The number of aryl methyl sites for hydroxylation is 2. The van der Waals surface area contributed by atoms with Gasteiger partial charge >= 0.3 is 0 Å². The fraction of sp³-hybridized carbons (Fsp3) is 0.324. The molecule has 4 rings (SSSR count). The van der Waals surface area contributed by atoms with E-state index in [0.717, 1.165) is 23.1 Å². The lowest BCUT2D eigenvalue weighted by Crippen LogP contribution is -2.43. The van der Waals surface area contributed by atoms with Gasteiger partial charge in [0.2, 0.25) is 11.8 Å². The van der Waals surface area contributed by atoms with Crippen LogP contribution in [0.15, 0.2) is 94.3 Å². The van der Waals surface area contributed by atoms with Gasteiger partial charge in [-0.15, -0.1) is 0 Å². The van der Waals surface area contributed by atoms with Crippen molar-refractivity contribution >= 4 is 22.8 Å². The van der Waals surface area contributed by atoms with Crippen LogP contribution in [0.4, 0.5) is 0 Å². The summed E-state index contributed by atoms with van der Waals surface area (Å²) in [6.07, 6.45) is 3.21. The molecule has 3 aromatic carbocycles. The number of hydrogen-bond donors (Lipinski definition) is 0. The molecule has 0 N–H and O–H groups in total. The molecule has 0 atom stereocenters. The van der Waals surface area contributed by atoms with Gasteiger partial charge in [0.25, 0.3) is 0 Å². The summed E-state index contributed by atoms with van der Waals surface area (Å²) < 4.78 is 5.77. The van der Waals surface area contributed by atoms with E-state index in [0.29, 0.717) is 48.4 Å². The number of nitrogens with zero attached hydrogens (tertiary/aromatic N) is 2. The average molecular weight is 539 g/mol. The zero-order chi connectivity index (χ0) is 28.5. The first-order valence-electron chi connectivity index (χ1n) is 13.9. The molecule has 4 aromatic rings. The van der Waals surface area contributed by atoms with Crippen molar-refractivity contribution in [1.82, 2.24) is 9.80 Å². The Labute approximate surface area is 236 Å². The van der Waals surface area contributed by atoms with Crippen LogP contribution >= 0.6 is 0 Å². The Hall–Kier alpha value is -4.19. The molecule has 0 radical (unpaired) electrons. The third-order valence-electron chi connectivity index (χ3n) is 7.06. The lowest BCUT2D eigenvalue weighted by molar-refractivity contribution is -0.141. The van der Waals surface area contributed by atoms with Gasteiger partial charge in [0.1, 0.15) is 5.58 Å². The SMILES string of the molecule is Cc1ccc2occ(CN(Cc3ccccc3)C(=O)CN(CCC(C)C)C(=O)CCc3ccccc3)c(=O)c2c1. The van der Waals surface area contributed by atoms with Gasteiger partial charge in [-0.25, -0.2) is 0 Å². The lowest BCUT2D eigenvalue weighted by Gasteiger charge is -2.28. The van der Waals surface area contributed by atoms with E-state index < -0.39 is 0 Å². The van der Waals surface area contributed by atoms with Crippen LogP contribution in [0, 0.1) is 12.8 Å². The quantitative estimate of drug-likeness (QED) is 0.217. The van der Waals surface area contributed by atoms with Gasteiger partial charge in [0.15, 0.2) is 5.43 Å². The summed E-state index contributed by atoms with van der Waals surface area (Å²) in [4.78, 5) is 43.8. The summed E-state index contributed by atoms with van der Waals surface area (Å²) in [5, 5.41) is 0.499. The van der Waals surface area contributed by atoms with Crippen LogP contribution in [-0.4, -0.2) is 34.7 Å². The van der Waals surface area contributed by atoms with Crippen molar-refractivity contribution < 1.29 is 14.0 Å². The Morgan fingerprint density at radius 2 is 1.50 bits per heavy atom. The van der Waals surface area contributed by atoms with E-state index in [1.807, 2.05) is 79.7 Å². The van der Waals surface area contributed by atoms with E-state index in [9.17, 15) is 14.4 Å². The van der Waals surface area contributed by atoms with E-state index in [1.165, 1.54) is 6.26 Å². The highest BCUT2D eigenvalue weighted by atomic mass is 16.3. The molecule has 6 nitrogen and oxygen atoms in total. The average Bonchev–Trinajstić information content (AvgIpc) is 2.96. The fourth-order valence-electron chi connectivity index (χ4n) is 4.66. The molecule has 2 amide bonds. The van der Waals surface area contributed by atoms with Gasteiger partial charge in [-0.3, -0.25) is 14.4 Å². The highest BCUT2D eigenvalue weighted by Gasteiger charge is 2.23. The molecule has 0 saturated carbocycles. The minimum atomic E-state index is -0.204. The molecule has 1 heterocycles. The molecule has 0 unspecified atom stereocenters. The zero-order valence-corrected chi connectivity index (χ0v) is 23.6. The second-order valence-electron chi connectivity index (χ2n) is 10.8. The Bertz CT molecular complexity index is 1480. The van der Waals surface area contributed by atoms with Crippen molar-refractivity contribution in [3.63, 3.8) is 0 Å².